The third-order valence-electron chi connectivity index (χ3n) is 5.15. The number of amides is 3. The molecule has 0 saturated heterocycles. The van der Waals surface area contributed by atoms with Crippen molar-refractivity contribution in [2.45, 2.75) is 45.2 Å². The molecule has 3 rings (SSSR count). The molecule has 0 unspecified atom stereocenters. The number of hydroxylamine groups is 2. The highest BCUT2D eigenvalue weighted by Gasteiger charge is 2.48. The number of hydrogen-bond acceptors (Lipinski definition) is 4. The van der Waals surface area contributed by atoms with E-state index in [1.807, 2.05) is 0 Å². The van der Waals surface area contributed by atoms with Gasteiger partial charge in [-0.15, -0.1) is 10.3 Å². The zero-order chi connectivity index (χ0) is 20.0. The van der Waals surface area contributed by atoms with Crippen molar-refractivity contribution < 1.29 is 19.6 Å². The Kier molecular flexibility index (Phi) is 4.69. The fourth-order valence-corrected chi connectivity index (χ4v) is 3.74. The first-order valence-electron chi connectivity index (χ1n) is 9.01. The predicted molar refractivity (Wildman–Crippen MR) is 98.2 cm³/mol. The first kappa shape index (κ1) is 19.3. The molecule has 0 bridgehead atoms. The molecule has 1 aromatic rings. The summed E-state index contributed by atoms with van der Waals surface area (Å²) in [5.74, 6) is -0.899. The maximum Gasteiger partial charge on any atom is 0.261 e. The van der Waals surface area contributed by atoms with Crippen LogP contribution in [0.5, 0.6) is 0 Å². The van der Waals surface area contributed by atoms with E-state index in [-0.39, 0.29) is 24.3 Å². The minimum absolute atomic E-state index is 0.230. The molecule has 0 aromatic heterocycles. The molecule has 143 valence electrons. The number of fused-ring (bicyclic) bond motifs is 1. The third kappa shape index (κ3) is 3.17. The number of rotatable bonds is 5. The van der Waals surface area contributed by atoms with E-state index in [2.05, 4.69) is 5.32 Å². The van der Waals surface area contributed by atoms with Crippen molar-refractivity contribution in [3.63, 3.8) is 0 Å². The van der Waals surface area contributed by atoms with Gasteiger partial charge >= 0.3 is 0 Å². The number of imide groups is 1. The first-order chi connectivity index (χ1) is 12.6. The van der Waals surface area contributed by atoms with Crippen LogP contribution in [0, 0.1) is 0 Å². The van der Waals surface area contributed by atoms with Gasteiger partial charge in [0, 0.05) is 18.7 Å². The zero-order valence-corrected chi connectivity index (χ0v) is 16.0. The lowest BCUT2D eigenvalue weighted by molar-refractivity contribution is -0.238. The summed E-state index contributed by atoms with van der Waals surface area (Å²) in [6.45, 7) is 7.51. The smallest absolute Gasteiger partial charge is 0.261 e. The summed E-state index contributed by atoms with van der Waals surface area (Å²) in [6.07, 6.45) is 2.13. The number of carbonyl (C=O) groups excluding carboxylic acids is 3. The van der Waals surface area contributed by atoms with E-state index in [1.54, 1.807) is 58.0 Å². The SMILES string of the molecule is CC1(C)C=C(C(=O)NCCCN2C(=O)c3ccccc3C2=O)C(C)(C)N1[O]. The summed E-state index contributed by atoms with van der Waals surface area (Å²) in [4.78, 5) is 38.3. The molecule has 2 aliphatic rings. The Morgan fingerprint density at radius 2 is 1.59 bits per heavy atom. The van der Waals surface area contributed by atoms with Crippen LogP contribution in [0.4, 0.5) is 0 Å². The molecule has 0 aliphatic carbocycles. The highest BCUT2D eigenvalue weighted by Crippen LogP contribution is 2.38. The second kappa shape index (κ2) is 6.58. The minimum atomic E-state index is -0.907. The number of nitrogens with zero attached hydrogens (tertiary/aromatic N) is 2. The van der Waals surface area contributed by atoms with Crippen LogP contribution in [0.25, 0.3) is 0 Å². The molecule has 0 fully saturated rings. The molecule has 2 aliphatic heterocycles. The van der Waals surface area contributed by atoms with Gasteiger partial charge in [-0.25, -0.2) is 0 Å². The quantitative estimate of drug-likeness (QED) is 0.633. The Labute approximate surface area is 158 Å². The third-order valence-corrected chi connectivity index (χ3v) is 5.15. The largest absolute Gasteiger partial charge is 0.352 e. The van der Waals surface area contributed by atoms with E-state index in [4.69, 9.17) is 0 Å². The molecular formula is C20H24N3O4. The molecule has 1 N–H and O–H groups in total. The van der Waals surface area contributed by atoms with Crippen LogP contribution in [0.15, 0.2) is 35.9 Å². The van der Waals surface area contributed by atoms with Gasteiger partial charge in [0.1, 0.15) is 0 Å². The Morgan fingerprint density at radius 3 is 2.07 bits per heavy atom. The monoisotopic (exact) mass is 370 g/mol. The number of carbonyl (C=O) groups is 3. The summed E-state index contributed by atoms with van der Waals surface area (Å²) in [7, 11) is 0. The lowest BCUT2D eigenvalue weighted by atomic mass is 9.96. The van der Waals surface area contributed by atoms with Crippen molar-refractivity contribution in [2.24, 2.45) is 0 Å². The van der Waals surface area contributed by atoms with E-state index in [9.17, 15) is 19.6 Å². The molecule has 1 radical (unpaired) electrons. The lowest BCUT2D eigenvalue weighted by Crippen LogP contribution is -2.48. The fraction of sp³-hybridized carbons (Fsp3) is 0.450. The van der Waals surface area contributed by atoms with Gasteiger partial charge in [-0.3, -0.25) is 19.3 Å². The second-order valence-electron chi connectivity index (χ2n) is 7.98. The zero-order valence-electron chi connectivity index (χ0n) is 16.0. The van der Waals surface area contributed by atoms with E-state index in [0.717, 1.165) is 5.06 Å². The molecule has 0 spiro atoms. The molecule has 7 nitrogen and oxygen atoms in total. The van der Waals surface area contributed by atoms with E-state index in [1.165, 1.54) is 4.90 Å². The van der Waals surface area contributed by atoms with Gasteiger partial charge in [0.2, 0.25) is 5.91 Å². The van der Waals surface area contributed by atoms with Gasteiger partial charge in [0.15, 0.2) is 0 Å². The van der Waals surface area contributed by atoms with Crippen LogP contribution in [-0.4, -0.2) is 51.9 Å². The van der Waals surface area contributed by atoms with E-state index >= 15 is 0 Å². The average Bonchev–Trinajstić information content (AvgIpc) is 2.96. The standard InChI is InChI=1S/C20H24N3O4/c1-19(2)12-15(20(3,4)23(19)27)16(24)21-10-7-11-22-17(25)13-8-5-6-9-14(13)18(22)26/h5-6,8-9,12H,7,10-11H2,1-4H3,(H,21,24). The van der Waals surface area contributed by atoms with E-state index in [0.29, 0.717) is 29.7 Å². The van der Waals surface area contributed by atoms with E-state index < -0.39 is 11.1 Å². The van der Waals surface area contributed by atoms with Gasteiger partial charge in [-0.2, -0.15) is 0 Å². The molecular weight excluding hydrogens is 346 g/mol. The van der Waals surface area contributed by atoms with Gasteiger partial charge < -0.3 is 5.32 Å². The maximum absolute atomic E-state index is 12.5. The van der Waals surface area contributed by atoms with Crippen molar-refractivity contribution in [3.8, 4) is 0 Å². The molecule has 3 amide bonds. The second-order valence-corrected chi connectivity index (χ2v) is 7.98. The van der Waals surface area contributed by atoms with Crippen LogP contribution in [0.3, 0.4) is 0 Å². The average molecular weight is 370 g/mol. The Morgan fingerprint density at radius 1 is 1.04 bits per heavy atom. The van der Waals surface area contributed by atoms with Gasteiger partial charge in [0.05, 0.1) is 22.2 Å². The van der Waals surface area contributed by atoms with Crippen LogP contribution < -0.4 is 5.32 Å². The number of benzene rings is 1. The van der Waals surface area contributed by atoms with Crippen LogP contribution >= 0.6 is 0 Å². The molecule has 27 heavy (non-hydrogen) atoms. The summed E-state index contributed by atoms with van der Waals surface area (Å²) in [5, 5.41) is 16.1. The number of hydrogen-bond donors (Lipinski definition) is 1. The summed E-state index contributed by atoms with van der Waals surface area (Å²) in [6, 6.07) is 6.74. The minimum Gasteiger partial charge on any atom is -0.352 e. The Balaban J connectivity index is 1.55. The van der Waals surface area contributed by atoms with Gasteiger partial charge in [-0.1, -0.05) is 18.2 Å². The highest BCUT2D eigenvalue weighted by molar-refractivity contribution is 6.21. The Bertz CT molecular complexity index is 806. The number of nitrogens with one attached hydrogen (secondary N) is 1. The predicted octanol–water partition coefficient (Wildman–Crippen LogP) is 1.93. The molecule has 2 heterocycles. The summed E-state index contributed by atoms with van der Waals surface area (Å²) >= 11 is 0. The maximum atomic E-state index is 12.5. The molecule has 7 heteroatoms. The molecule has 0 saturated carbocycles. The van der Waals surface area contributed by atoms with Crippen molar-refractivity contribution in [2.75, 3.05) is 13.1 Å². The highest BCUT2D eigenvalue weighted by atomic mass is 16.5. The lowest BCUT2D eigenvalue weighted by Gasteiger charge is -2.33. The summed E-state index contributed by atoms with van der Waals surface area (Å²) < 4.78 is 0. The topological polar surface area (TPSA) is 89.6 Å². The first-order valence-corrected chi connectivity index (χ1v) is 9.01. The van der Waals surface area contributed by atoms with Crippen LogP contribution in [0.2, 0.25) is 0 Å². The van der Waals surface area contributed by atoms with Crippen molar-refractivity contribution in [1.29, 1.82) is 0 Å². The van der Waals surface area contributed by atoms with Gasteiger partial charge in [-0.05, 0) is 46.2 Å². The normalized spacial score (nSPS) is 20.6. The Hall–Kier alpha value is -2.51. The summed E-state index contributed by atoms with van der Waals surface area (Å²) in [5.41, 5.74) is -0.375. The molecule has 0 atom stereocenters. The van der Waals surface area contributed by atoms with Crippen molar-refractivity contribution in [3.05, 3.63) is 47.0 Å². The van der Waals surface area contributed by atoms with Crippen LogP contribution in [-0.2, 0) is 10.0 Å². The van der Waals surface area contributed by atoms with Gasteiger partial charge in [0.25, 0.3) is 11.8 Å². The van der Waals surface area contributed by atoms with Crippen LogP contribution in [0.1, 0.15) is 54.8 Å². The van der Waals surface area contributed by atoms with Crippen molar-refractivity contribution in [1.82, 2.24) is 15.3 Å². The fourth-order valence-electron chi connectivity index (χ4n) is 3.74. The van der Waals surface area contributed by atoms with Crippen molar-refractivity contribution >= 4 is 17.7 Å². The molecule has 1 aromatic carbocycles.